The molecule has 414 valence electrons. The van der Waals surface area contributed by atoms with Crippen LogP contribution in [0.4, 0.5) is 4.39 Å². The molecule has 4 rings (SSSR count). The summed E-state index contributed by atoms with van der Waals surface area (Å²) in [7, 11) is 2.03. The number of carboxylic acids is 1. The van der Waals surface area contributed by atoms with Crippen molar-refractivity contribution >= 4 is 104 Å². The molecule has 3 heterocycles. The van der Waals surface area contributed by atoms with Crippen molar-refractivity contribution in [2.24, 2.45) is 34.2 Å². The standard InChI is InChI=1S/C49H66FN11O12S3/c1-2-53-47(72)37-24-74-27-41(65)58-34(12-6-7-15-54-44(69)30-13-14-40(50)56-22-30)48(73)60-36-26-76-75-25-35(39(64)20-31(45(70)61-37)17-28-9-4-3-5-10-28)59-46(71)32(21-42(66)67)18-33(62)23-57-43(68)29(19-38(36)63)11-8-16-55-49(51)52/h3-5,9-10,13-14,22,29,31-32,34-37H,2,6-8,11-12,15-21,23-27H2,1H3,(H,53,72)(H,54,69)(H,57,68)(H,58,65)(H,59,71)(H,60,73)(H,61,70)(H,66,67)(H4,51,52,55)/t29-,31-,32+,34+,35+,36+,37+/m1/s1/i50-1. The number of carbonyl (C=O) groups excluding carboxylic acids is 10. The van der Waals surface area contributed by atoms with Crippen molar-refractivity contribution in [3.05, 3.63) is 65.7 Å². The van der Waals surface area contributed by atoms with Crippen molar-refractivity contribution in [1.29, 1.82) is 0 Å². The number of hydrogen-bond donors (Lipinski definition) is 10. The lowest BCUT2D eigenvalue weighted by molar-refractivity contribution is -0.142. The number of nitrogens with two attached hydrogens (primary N) is 2. The van der Waals surface area contributed by atoms with Crippen LogP contribution in [0, 0.1) is 23.7 Å². The lowest BCUT2D eigenvalue weighted by Gasteiger charge is -2.26. The Hall–Kier alpha value is -6.61. The van der Waals surface area contributed by atoms with Crippen LogP contribution in [-0.4, -0.2) is 154 Å². The molecule has 12 N–H and O–H groups in total. The fraction of sp³-hybridized carbons (Fsp3) is 0.531. The zero-order chi connectivity index (χ0) is 55.6. The zero-order valence-electron chi connectivity index (χ0n) is 42.0. The highest BCUT2D eigenvalue weighted by molar-refractivity contribution is 8.76. The summed E-state index contributed by atoms with van der Waals surface area (Å²) in [5, 5.41) is 28.4. The highest BCUT2D eigenvalue weighted by Gasteiger charge is 2.35. The molecule has 7 amide bonds. The summed E-state index contributed by atoms with van der Waals surface area (Å²) in [6.45, 7) is 1.40. The van der Waals surface area contributed by atoms with Gasteiger partial charge < -0.3 is 53.8 Å². The molecule has 2 saturated heterocycles. The number of carbonyl (C=O) groups is 11. The summed E-state index contributed by atoms with van der Waals surface area (Å²) < 4.78 is 13.3. The third-order valence-corrected chi connectivity index (χ3v) is 15.5. The maximum Gasteiger partial charge on any atom is 0.304 e. The number of aliphatic carboxylic acids is 1. The topological polar surface area (TPSA) is 369 Å². The summed E-state index contributed by atoms with van der Waals surface area (Å²) in [6, 6.07) is 5.81. The number of unbranched alkanes of at least 4 members (excludes halogenated alkanes) is 1. The van der Waals surface area contributed by atoms with E-state index in [1.165, 1.54) is 6.07 Å². The first kappa shape index (κ1) is 61.9. The van der Waals surface area contributed by atoms with Gasteiger partial charge in [-0.05, 0) is 63.1 Å². The molecule has 0 saturated carbocycles. The molecule has 23 nitrogen and oxygen atoms in total. The molecule has 2 fully saturated rings. The van der Waals surface area contributed by atoms with Gasteiger partial charge in [0.15, 0.2) is 23.3 Å². The number of thioether (sulfide) groups is 1. The summed E-state index contributed by atoms with van der Waals surface area (Å²) in [5.74, 6) is -13.9. The molecule has 0 aliphatic carbocycles. The second kappa shape index (κ2) is 32.7. The van der Waals surface area contributed by atoms with E-state index in [-0.39, 0.29) is 86.3 Å². The summed E-state index contributed by atoms with van der Waals surface area (Å²) >= 11 is 0.970. The van der Waals surface area contributed by atoms with Gasteiger partial charge in [-0.2, -0.15) is 4.39 Å². The van der Waals surface area contributed by atoms with Crippen LogP contribution in [-0.2, 0) is 54.4 Å². The number of amides is 7. The minimum atomic E-state index is -1.49. The smallest absolute Gasteiger partial charge is 0.304 e. The molecule has 2 aliphatic rings. The van der Waals surface area contributed by atoms with Gasteiger partial charge in [0.1, 0.15) is 12.1 Å². The number of nitrogens with zero attached hydrogens (tertiary/aromatic N) is 2. The van der Waals surface area contributed by atoms with Gasteiger partial charge in [-0.1, -0.05) is 51.9 Å². The Morgan fingerprint density at radius 2 is 1.43 bits per heavy atom. The van der Waals surface area contributed by atoms with Crippen LogP contribution in [0.1, 0.15) is 80.6 Å². The molecule has 2 aromatic rings. The monoisotopic (exact) mass is 1110 g/mol. The Morgan fingerprint density at radius 1 is 0.763 bits per heavy atom. The molecule has 1 aromatic carbocycles. The summed E-state index contributed by atoms with van der Waals surface area (Å²) in [4.78, 5) is 158. The van der Waals surface area contributed by atoms with Crippen LogP contribution in [0.15, 0.2) is 53.7 Å². The Bertz CT molecular complexity index is 2400. The lowest BCUT2D eigenvalue weighted by atomic mass is 9.91. The van der Waals surface area contributed by atoms with E-state index < -0.39 is 145 Å². The number of ketones is 3. The van der Waals surface area contributed by atoms with Gasteiger partial charge in [-0.15, -0.1) is 11.8 Å². The maximum absolute atomic E-state index is 14.5. The van der Waals surface area contributed by atoms with Crippen molar-refractivity contribution in [1.82, 2.24) is 42.2 Å². The van der Waals surface area contributed by atoms with Crippen LogP contribution >= 0.6 is 33.3 Å². The number of benzene rings is 1. The first-order chi connectivity index (χ1) is 36.3. The zero-order valence-corrected chi connectivity index (χ0v) is 44.4. The van der Waals surface area contributed by atoms with Crippen LogP contribution in [0.5, 0.6) is 0 Å². The second-order valence-electron chi connectivity index (χ2n) is 18.0. The molecule has 7 atom stereocenters. The number of Topliss-reactive ketones (excluding diaryl/α,β-unsaturated/α-hetero) is 3. The number of hydrogen-bond acceptors (Lipinski definition) is 16. The number of aliphatic imine (C=N–C) groups is 1. The molecule has 2 aliphatic heterocycles. The van der Waals surface area contributed by atoms with Crippen molar-refractivity contribution in [3.63, 3.8) is 0 Å². The van der Waals surface area contributed by atoms with E-state index in [1.54, 1.807) is 37.3 Å². The molecule has 1 aromatic heterocycles. The molecular weight excluding hydrogens is 1050 g/mol. The highest BCUT2D eigenvalue weighted by Crippen LogP contribution is 2.27. The molecule has 0 radical (unpaired) electrons. The van der Waals surface area contributed by atoms with Gasteiger partial charge in [0.05, 0.1) is 42.3 Å². The van der Waals surface area contributed by atoms with E-state index >= 15 is 0 Å². The van der Waals surface area contributed by atoms with Gasteiger partial charge in [-0.25, -0.2) is 4.98 Å². The minimum absolute atomic E-state index is 0.00434. The van der Waals surface area contributed by atoms with Crippen LogP contribution in [0.2, 0.25) is 0 Å². The molecule has 2 bridgehead atoms. The van der Waals surface area contributed by atoms with Gasteiger partial charge in [-0.3, -0.25) is 57.7 Å². The van der Waals surface area contributed by atoms with E-state index in [0.29, 0.717) is 12.0 Å². The minimum Gasteiger partial charge on any atom is -0.481 e. The molecular formula is C49H66FN11O12S3. The Kier molecular flexibility index (Phi) is 26.7. The van der Waals surface area contributed by atoms with Gasteiger partial charge >= 0.3 is 5.97 Å². The van der Waals surface area contributed by atoms with E-state index in [2.05, 4.69) is 47.2 Å². The van der Waals surface area contributed by atoms with E-state index in [0.717, 1.165) is 45.6 Å². The van der Waals surface area contributed by atoms with E-state index in [1.807, 2.05) is 0 Å². The van der Waals surface area contributed by atoms with E-state index in [4.69, 9.17) is 11.5 Å². The quantitative estimate of drug-likeness (QED) is 0.0346. The number of halogens is 1. The Labute approximate surface area is 450 Å². The van der Waals surface area contributed by atoms with Crippen molar-refractivity contribution in [2.45, 2.75) is 95.3 Å². The average molecular weight is 1120 g/mol. The number of likely N-dealkylation sites (N-methyl/N-ethyl adjacent to an activating group) is 1. The lowest BCUT2D eigenvalue weighted by Crippen LogP contribution is -2.53. The summed E-state index contributed by atoms with van der Waals surface area (Å²) in [5.41, 5.74) is 11.8. The number of rotatable bonds is 16. The number of carboxylic acid groups (broad SMARTS) is 1. The van der Waals surface area contributed by atoms with Gasteiger partial charge in [0.25, 0.3) is 5.91 Å². The normalized spacial score (nSPS) is 23.2. The fourth-order valence-corrected chi connectivity index (χ4v) is 11.3. The number of guanidine groups is 1. The largest absolute Gasteiger partial charge is 0.481 e. The van der Waals surface area contributed by atoms with Crippen molar-refractivity contribution < 1.29 is 62.2 Å². The van der Waals surface area contributed by atoms with Crippen LogP contribution < -0.4 is 48.7 Å². The van der Waals surface area contributed by atoms with Crippen molar-refractivity contribution in [3.8, 4) is 0 Å². The second-order valence-corrected chi connectivity index (χ2v) is 21.6. The number of fused-ring (bicyclic) bond motifs is 5. The third kappa shape index (κ3) is 22.3. The fourth-order valence-electron chi connectivity index (χ4n) is 8.00. The molecule has 76 heavy (non-hydrogen) atoms. The van der Waals surface area contributed by atoms with E-state index in [9.17, 15) is 62.2 Å². The van der Waals surface area contributed by atoms with Gasteiger partial charge in [0, 0.05) is 74.2 Å². The molecule has 0 spiro atoms. The number of pyridine rings is 1. The predicted molar refractivity (Wildman–Crippen MR) is 284 cm³/mol. The summed E-state index contributed by atoms with van der Waals surface area (Å²) in [6.07, 6.45) is -0.534. The van der Waals surface area contributed by atoms with Crippen molar-refractivity contribution in [2.75, 3.05) is 49.2 Å². The maximum atomic E-state index is 14.5. The van der Waals surface area contributed by atoms with Crippen LogP contribution in [0.25, 0.3) is 0 Å². The molecule has 0 unspecified atom stereocenters. The van der Waals surface area contributed by atoms with Crippen LogP contribution in [0.3, 0.4) is 0 Å². The SMILES string of the molecule is CCNC(=O)[C@@H]1CSCC(=O)N[C@@H](CCCCNC(=O)c2ccc([18F])nc2)C(=O)N[C@H]2CSSC[C@H](NC(=O)[C@H](CC(=O)O)CC(=O)CNC(=O)[C@H](CCCN=C(N)N)CC2=O)C(=O)C[C@@H](Cc2ccccc2)C(=O)N1. The Balaban J connectivity index is 1.75. The third-order valence-electron chi connectivity index (χ3n) is 12.0. The number of aromatic nitrogens is 1. The Morgan fingerprint density at radius 3 is 2.08 bits per heavy atom. The van der Waals surface area contributed by atoms with Gasteiger partial charge in [0.2, 0.25) is 41.4 Å². The first-order valence-corrected chi connectivity index (χ1v) is 28.3. The predicted octanol–water partition coefficient (Wildman–Crippen LogP) is -0.0487. The molecule has 27 heteroatoms. The highest BCUT2D eigenvalue weighted by atomic mass is 33.1. The first-order valence-electron chi connectivity index (χ1n) is 24.7. The average Bonchev–Trinajstić information content (AvgIpc) is 3.37. The number of nitrogens with one attached hydrogen (secondary N) is 7.